The summed E-state index contributed by atoms with van der Waals surface area (Å²) in [6, 6.07) is 5.23. The molecule has 1 aliphatic carbocycles. The smallest absolute Gasteiger partial charge is 0.320 e. The molecule has 0 unspecified atom stereocenters. The van der Waals surface area contributed by atoms with Gasteiger partial charge in [-0.25, -0.2) is 9.78 Å². The van der Waals surface area contributed by atoms with Crippen LogP contribution in [0.25, 0.3) is 0 Å². The first kappa shape index (κ1) is 13.8. The number of carbonyl (C=O) groups excluding carboxylic acids is 1. The Morgan fingerprint density at radius 3 is 2.89 bits per heavy atom. The predicted molar refractivity (Wildman–Crippen MR) is 74.0 cm³/mol. The van der Waals surface area contributed by atoms with E-state index >= 15 is 0 Å². The average molecular weight is 263 g/mol. The lowest BCUT2D eigenvalue weighted by molar-refractivity contribution is 0.0717. The molecule has 2 N–H and O–H groups in total. The van der Waals surface area contributed by atoms with Crippen LogP contribution in [-0.2, 0) is 4.74 Å². The maximum Gasteiger partial charge on any atom is 0.320 e. The highest BCUT2D eigenvalue weighted by atomic mass is 16.5. The molecule has 19 heavy (non-hydrogen) atoms. The topological polar surface area (TPSA) is 63.2 Å². The van der Waals surface area contributed by atoms with E-state index in [1.807, 2.05) is 12.1 Å². The van der Waals surface area contributed by atoms with Gasteiger partial charge in [0, 0.05) is 26.5 Å². The third kappa shape index (κ3) is 3.92. The second-order valence-electron chi connectivity index (χ2n) is 5.12. The number of methoxy groups -OCH3 is 1. The standard InChI is InChI=1S/C14H21N3O2/c1-19-10-8-14(6-4-7-14)11-16-13(18)17-12-5-2-3-9-15-12/h2-3,5,9H,4,6-8,10-11H2,1H3,(H2,15,16,17,18). The highest BCUT2D eigenvalue weighted by Gasteiger charge is 2.36. The van der Waals surface area contributed by atoms with Gasteiger partial charge < -0.3 is 10.1 Å². The Balaban J connectivity index is 1.76. The molecule has 0 saturated heterocycles. The Morgan fingerprint density at radius 1 is 1.47 bits per heavy atom. The summed E-state index contributed by atoms with van der Waals surface area (Å²) < 4.78 is 5.14. The molecule has 1 aromatic rings. The van der Waals surface area contributed by atoms with Crippen LogP contribution >= 0.6 is 0 Å². The number of rotatable bonds is 6. The van der Waals surface area contributed by atoms with Crippen molar-refractivity contribution in [3.05, 3.63) is 24.4 Å². The van der Waals surface area contributed by atoms with Crippen molar-refractivity contribution in [2.45, 2.75) is 25.7 Å². The zero-order chi connectivity index (χ0) is 13.6. The molecule has 2 rings (SSSR count). The highest BCUT2D eigenvalue weighted by Crippen LogP contribution is 2.43. The fourth-order valence-corrected chi connectivity index (χ4v) is 2.38. The van der Waals surface area contributed by atoms with E-state index in [1.54, 1.807) is 19.4 Å². The first-order valence-corrected chi connectivity index (χ1v) is 6.69. The molecule has 104 valence electrons. The normalized spacial score (nSPS) is 16.5. The molecule has 0 atom stereocenters. The Morgan fingerprint density at radius 2 is 2.32 bits per heavy atom. The van der Waals surface area contributed by atoms with Crippen molar-refractivity contribution in [3.63, 3.8) is 0 Å². The van der Waals surface area contributed by atoms with E-state index < -0.39 is 0 Å². The number of nitrogens with one attached hydrogen (secondary N) is 2. The molecule has 1 aliphatic rings. The van der Waals surface area contributed by atoms with Crippen LogP contribution in [0.3, 0.4) is 0 Å². The lowest BCUT2D eigenvalue weighted by Gasteiger charge is -2.42. The van der Waals surface area contributed by atoms with Crippen molar-refractivity contribution in [3.8, 4) is 0 Å². The van der Waals surface area contributed by atoms with Crippen LogP contribution in [0.2, 0.25) is 0 Å². The number of anilines is 1. The minimum Gasteiger partial charge on any atom is -0.385 e. The van der Waals surface area contributed by atoms with Gasteiger partial charge in [0.05, 0.1) is 0 Å². The van der Waals surface area contributed by atoms with E-state index in [0.717, 1.165) is 13.0 Å². The van der Waals surface area contributed by atoms with Crippen LogP contribution in [0.5, 0.6) is 0 Å². The van der Waals surface area contributed by atoms with Crippen LogP contribution in [0.1, 0.15) is 25.7 Å². The second-order valence-corrected chi connectivity index (χ2v) is 5.12. The van der Waals surface area contributed by atoms with E-state index in [-0.39, 0.29) is 11.4 Å². The van der Waals surface area contributed by atoms with Crippen LogP contribution in [-0.4, -0.2) is 31.3 Å². The van der Waals surface area contributed by atoms with Gasteiger partial charge >= 0.3 is 6.03 Å². The van der Waals surface area contributed by atoms with Crippen molar-refractivity contribution >= 4 is 11.8 Å². The van der Waals surface area contributed by atoms with E-state index in [1.165, 1.54) is 19.3 Å². The Kier molecular flexibility index (Phi) is 4.74. The molecular formula is C14H21N3O2. The zero-order valence-electron chi connectivity index (χ0n) is 11.3. The second kappa shape index (κ2) is 6.52. The van der Waals surface area contributed by atoms with Crippen LogP contribution in [0, 0.1) is 5.41 Å². The van der Waals surface area contributed by atoms with Crippen molar-refractivity contribution in [2.75, 3.05) is 25.6 Å². The summed E-state index contributed by atoms with van der Waals surface area (Å²) in [4.78, 5) is 15.8. The third-order valence-electron chi connectivity index (χ3n) is 3.78. The number of nitrogens with zero attached hydrogens (tertiary/aromatic N) is 1. The van der Waals surface area contributed by atoms with Crippen LogP contribution in [0.15, 0.2) is 24.4 Å². The van der Waals surface area contributed by atoms with Crippen molar-refractivity contribution in [2.24, 2.45) is 5.41 Å². The molecule has 5 nitrogen and oxygen atoms in total. The molecule has 2 amide bonds. The minimum absolute atomic E-state index is 0.192. The number of hydrogen-bond acceptors (Lipinski definition) is 3. The fraction of sp³-hybridized carbons (Fsp3) is 0.571. The SMILES string of the molecule is COCCC1(CNC(=O)Nc2ccccn2)CCC1. The van der Waals surface area contributed by atoms with Gasteiger partial charge in [0.2, 0.25) is 0 Å². The lowest BCUT2D eigenvalue weighted by atomic mass is 9.67. The summed E-state index contributed by atoms with van der Waals surface area (Å²) >= 11 is 0. The maximum absolute atomic E-state index is 11.8. The summed E-state index contributed by atoms with van der Waals surface area (Å²) in [6.07, 6.45) is 6.24. The molecule has 1 saturated carbocycles. The third-order valence-corrected chi connectivity index (χ3v) is 3.78. The van der Waals surface area contributed by atoms with Crippen LogP contribution < -0.4 is 10.6 Å². The van der Waals surface area contributed by atoms with E-state index in [2.05, 4.69) is 15.6 Å². The maximum atomic E-state index is 11.8. The molecule has 1 fully saturated rings. The molecule has 0 radical (unpaired) electrons. The number of carbonyl (C=O) groups is 1. The van der Waals surface area contributed by atoms with Gasteiger partial charge in [-0.1, -0.05) is 12.5 Å². The zero-order valence-corrected chi connectivity index (χ0v) is 11.3. The van der Waals surface area contributed by atoms with Gasteiger partial charge in [0.25, 0.3) is 0 Å². The quantitative estimate of drug-likeness (QED) is 0.828. The van der Waals surface area contributed by atoms with Crippen LogP contribution in [0.4, 0.5) is 10.6 Å². The van der Waals surface area contributed by atoms with Crippen molar-refractivity contribution in [1.29, 1.82) is 0 Å². The lowest BCUT2D eigenvalue weighted by Crippen LogP contribution is -2.44. The largest absolute Gasteiger partial charge is 0.385 e. The number of urea groups is 1. The minimum atomic E-state index is -0.192. The molecule has 0 aromatic carbocycles. The van der Waals surface area contributed by atoms with Crippen molar-refractivity contribution < 1.29 is 9.53 Å². The summed E-state index contributed by atoms with van der Waals surface area (Å²) in [5.41, 5.74) is 0.234. The summed E-state index contributed by atoms with van der Waals surface area (Å²) in [6.45, 7) is 1.46. The molecular weight excluding hydrogens is 242 g/mol. The summed E-state index contributed by atoms with van der Waals surface area (Å²) in [7, 11) is 1.72. The number of pyridine rings is 1. The number of hydrogen-bond donors (Lipinski definition) is 2. The van der Waals surface area contributed by atoms with Gasteiger partial charge in [0.15, 0.2) is 0 Å². The first-order valence-electron chi connectivity index (χ1n) is 6.69. The molecule has 5 heteroatoms. The Hall–Kier alpha value is -1.62. The molecule has 0 spiro atoms. The van der Waals surface area contributed by atoms with E-state index in [4.69, 9.17) is 4.74 Å². The van der Waals surface area contributed by atoms with Gasteiger partial charge in [-0.05, 0) is 36.8 Å². The van der Waals surface area contributed by atoms with Gasteiger partial charge in [-0.15, -0.1) is 0 Å². The number of ether oxygens (including phenoxy) is 1. The average Bonchev–Trinajstić information content (AvgIpc) is 2.38. The molecule has 1 aromatic heterocycles. The van der Waals surface area contributed by atoms with Gasteiger partial charge in [0.1, 0.15) is 5.82 Å². The van der Waals surface area contributed by atoms with Crippen molar-refractivity contribution in [1.82, 2.24) is 10.3 Å². The molecule has 0 aliphatic heterocycles. The summed E-state index contributed by atoms with van der Waals surface area (Å²) in [5.74, 6) is 0.569. The highest BCUT2D eigenvalue weighted by molar-refractivity contribution is 5.88. The Labute approximate surface area is 113 Å². The molecule has 0 bridgehead atoms. The van der Waals surface area contributed by atoms with E-state index in [0.29, 0.717) is 12.4 Å². The summed E-state index contributed by atoms with van der Waals surface area (Å²) in [5, 5.41) is 5.66. The molecule has 1 heterocycles. The van der Waals surface area contributed by atoms with Gasteiger partial charge in [-0.3, -0.25) is 5.32 Å². The number of aromatic nitrogens is 1. The van der Waals surface area contributed by atoms with E-state index in [9.17, 15) is 4.79 Å². The van der Waals surface area contributed by atoms with Gasteiger partial charge in [-0.2, -0.15) is 0 Å². The first-order chi connectivity index (χ1) is 9.24. The number of amides is 2. The predicted octanol–water partition coefficient (Wildman–Crippen LogP) is 2.41. The fourth-order valence-electron chi connectivity index (χ4n) is 2.38. The monoisotopic (exact) mass is 263 g/mol. The Bertz CT molecular complexity index is 404.